The van der Waals surface area contributed by atoms with Crippen molar-refractivity contribution >= 4 is 17.6 Å². The number of carbonyl (C=O) groups is 2. The molecule has 0 aliphatic heterocycles. The van der Waals surface area contributed by atoms with Crippen molar-refractivity contribution in [2.45, 2.75) is 19.4 Å². The molecule has 0 aliphatic rings. The molecule has 2 N–H and O–H groups in total. The second-order valence-corrected chi connectivity index (χ2v) is 4.11. The van der Waals surface area contributed by atoms with Gasteiger partial charge in [0, 0.05) is 0 Å². The molecule has 0 atom stereocenters. The Morgan fingerprint density at radius 2 is 1.67 bits per heavy atom. The van der Waals surface area contributed by atoms with E-state index in [0.29, 0.717) is 0 Å². The highest BCUT2D eigenvalue weighted by Crippen LogP contribution is 2.25. The van der Waals surface area contributed by atoms with Crippen molar-refractivity contribution in [1.82, 2.24) is 0 Å². The molecule has 0 saturated carbocycles. The summed E-state index contributed by atoms with van der Waals surface area (Å²) in [5, 5.41) is 21.2. The zero-order valence-corrected chi connectivity index (χ0v) is 9.82. The lowest BCUT2D eigenvalue weighted by Crippen LogP contribution is -2.47. The second kappa shape index (κ2) is 4.82. The molecule has 1 aromatic carbocycles. The summed E-state index contributed by atoms with van der Waals surface area (Å²) < 4.78 is 0. The maximum atomic E-state index is 11.0. The van der Waals surface area contributed by atoms with Crippen LogP contribution in [-0.4, -0.2) is 27.7 Å². The third kappa shape index (κ3) is 2.45. The first-order valence-electron chi connectivity index (χ1n) is 5.01. The number of benzene rings is 1. The third-order valence-electron chi connectivity index (χ3n) is 2.49. The van der Waals surface area contributed by atoms with E-state index < -0.39 is 17.5 Å². The van der Waals surface area contributed by atoms with E-state index >= 15 is 0 Å². The molecule has 0 saturated heterocycles. The minimum Gasteiger partial charge on any atom is -0.479 e. The number of hydrogen-bond acceptors (Lipinski definition) is 4. The van der Waals surface area contributed by atoms with E-state index in [1.165, 1.54) is 38.1 Å². The van der Waals surface area contributed by atoms with Gasteiger partial charge in [0.25, 0.3) is 0 Å². The van der Waals surface area contributed by atoms with Crippen LogP contribution in [0.25, 0.3) is 0 Å². The Hall–Kier alpha value is -2.44. The third-order valence-corrected chi connectivity index (χ3v) is 2.49. The monoisotopic (exact) mass is 252 g/mol. The van der Waals surface area contributed by atoms with Crippen LogP contribution < -0.4 is 5.01 Å². The van der Waals surface area contributed by atoms with Crippen LogP contribution in [0.3, 0.4) is 0 Å². The molecule has 0 amide bonds. The number of aromatic carboxylic acids is 1. The van der Waals surface area contributed by atoms with Crippen LogP contribution in [0, 0.1) is 4.91 Å². The van der Waals surface area contributed by atoms with E-state index in [0.717, 1.165) is 5.01 Å². The van der Waals surface area contributed by atoms with Gasteiger partial charge in [-0.3, -0.25) is 0 Å². The number of rotatable bonds is 5. The van der Waals surface area contributed by atoms with E-state index in [2.05, 4.69) is 5.29 Å². The summed E-state index contributed by atoms with van der Waals surface area (Å²) in [6.07, 6.45) is 0. The van der Waals surface area contributed by atoms with Gasteiger partial charge in [0.15, 0.2) is 5.54 Å². The molecule has 0 bridgehead atoms. The van der Waals surface area contributed by atoms with Gasteiger partial charge >= 0.3 is 11.9 Å². The maximum absolute atomic E-state index is 11.0. The first-order chi connectivity index (χ1) is 8.30. The molecule has 0 aromatic heterocycles. The van der Waals surface area contributed by atoms with Gasteiger partial charge in [-0.1, -0.05) is 0 Å². The van der Waals surface area contributed by atoms with Crippen molar-refractivity contribution in [1.29, 1.82) is 0 Å². The van der Waals surface area contributed by atoms with Crippen molar-refractivity contribution in [2.24, 2.45) is 5.29 Å². The number of aliphatic carboxylic acids is 1. The van der Waals surface area contributed by atoms with Gasteiger partial charge in [0.2, 0.25) is 0 Å². The maximum Gasteiger partial charge on any atom is 0.335 e. The van der Waals surface area contributed by atoms with Gasteiger partial charge < -0.3 is 10.2 Å². The highest BCUT2D eigenvalue weighted by Gasteiger charge is 2.36. The number of nitroso groups, excluding NO2 is 1. The minimum atomic E-state index is -1.52. The van der Waals surface area contributed by atoms with Crippen molar-refractivity contribution in [3.05, 3.63) is 34.7 Å². The first kappa shape index (κ1) is 13.6. The quantitative estimate of drug-likeness (QED) is 0.610. The lowest BCUT2D eigenvalue weighted by Gasteiger charge is -2.29. The lowest BCUT2D eigenvalue weighted by atomic mass is 10.0. The summed E-state index contributed by atoms with van der Waals surface area (Å²) in [5.41, 5.74) is -1.27. The molecule has 0 fully saturated rings. The Labute approximate surface area is 103 Å². The molecule has 0 heterocycles. The number of anilines is 1. The average Bonchev–Trinajstić information content (AvgIpc) is 2.30. The Balaban J connectivity index is 3.14. The van der Waals surface area contributed by atoms with E-state index in [4.69, 9.17) is 10.2 Å². The summed E-state index contributed by atoms with van der Waals surface area (Å²) in [6, 6.07) is 5.20. The number of hydrogen-bond donors (Lipinski definition) is 2. The van der Waals surface area contributed by atoms with Crippen LogP contribution in [0.1, 0.15) is 24.2 Å². The fourth-order valence-corrected chi connectivity index (χ4v) is 1.31. The molecule has 0 spiro atoms. The Morgan fingerprint density at radius 3 is 2.00 bits per heavy atom. The molecule has 18 heavy (non-hydrogen) atoms. The predicted octanol–water partition coefficient (Wildman–Crippen LogP) is 1.74. The van der Waals surface area contributed by atoms with Crippen LogP contribution in [0.5, 0.6) is 0 Å². The van der Waals surface area contributed by atoms with Crippen molar-refractivity contribution < 1.29 is 19.8 Å². The predicted molar refractivity (Wildman–Crippen MR) is 63.4 cm³/mol. The lowest BCUT2D eigenvalue weighted by molar-refractivity contribution is -0.142. The van der Waals surface area contributed by atoms with Crippen LogP contribution in [0.4, 0.5) is 5.69 Å². The van der Waals surface area contributed by atoms with Crippen molar-refractivity contribution in [2.75, 3.05) is 5.01 Å². The normalized spacial score (nSPS) is 10.8. The van der Waals surface area contributed by atoms with E-state index in [9.17, 15) is 14.5 Å². The van der Waals surface area contributed by atoms with E-state index in [-0.39, 0.29) is 11.3 Å². The number of carboxylic acids is 2. The highest BCUT2D eigenvalue weighted by molar-refractivity contribution is 5.88. The minimum absolute atomic E-state index is 0.0396. The highest BCUT2D eigenvalue weighted by atomic mass is 16.4. The molecule has 0 aliphatic carbocycles. The summed E-state index contributed by atoms with van der Waals surface area (Å²) in [4.78, 5) is 32.5. The van der Waals surface area contributed by atoms with Gasteiger partial charge in [-0.25, -0.2) is 14.6 Å². The molecule has 7 nitrogen and oxygen atoms in total. The average molecular weight is 252 g/mol. The van der Waals surface area contributed by atoms with Crippen LogP contribution in [0.2, 0.25) is 0 Å². The molecule has 96 valence electrons. The van der Waals surface area contributed by atoms with E-state index in [1.54, 1.807) is 0 Å². The zero-order valence-electron chi connectivity index (χ0n) is 9.82. The fraction of sp³-hybridized carbons (Fsp3) is 0.273. The molecular weight excluding hydrogens is 240 g/mol. The molecule has 7 heteroatoms. The van der Waals surface area contributed by atoms with Crippen molar-refractivity contribution in [3.63, 3.8) is 0 Å². The molecule has 0 radical (unpaired) electrons. The summed E-state index contributed by atoms with van der Waals surface area (Å²) in [6.45, 7) is 2.64. The molecule has 1 aromatic rings. The molecule has 1 rings (SSSR count). The van der Waals surface area contributed by atoms with Gasteiger partial charge in [-0.2, -0.15) is 0 Å². The number of nitrogens with zero attached hydrogens (tertiary/aromatic N) is 2. The fourth-order valence-electron chi connectivity index (χ4n) is 1.31. The zero-order chi connectivity index (χ0) is 13.9. The van der Waals surface area contributed by atoms with Gasteiger partial charge in [0.1, 0.15) is 0 Å². The first-order valence-corrected chi connectivity index (χ1v) is 5.01. The Morgan fingerprint density at radius 1 is 1.17 bits per heavy atom. The summed E-state index contributed by atoms with van der Waals surface area (Å²) in [5.74, 6) is -2.32. The number of carboxylic acid groups (broad SMARTS) is 2. The molecular formula is C11H12N2O5. The van der Waals surface area contributed by atoms with Gasteiger partial charge in [0.05, 0.1) is 16.5 Å². The van der Waals surface area contributed by atoms with Gasteiger partial charge in [-0.05, 0) is 38.1 Å². The Kier molecular flexibility index (Phi) is 3.65. The standard InChI is InChI=1S/C11H12N2O5/c1-11(2,10(16)17)13(12-18)8-5-3-7(4-6-8)9(14)15/h3-6H,1-2H3,(H,14,15)(H,16,17). The second-order valence-electron chi connectivity index (χ2n) is 4.11. The van der Waals surface area contributed by atoms with E-state index in [1.807, 2.05) is 0 Å². The smallest absolute Gasteiger partial charge is 0.335 e. The summed E-state index contributed by atoms with van der Waals surface area (Å²) in [7, 11) is 0. The largest absolute Gasteiger partial charge is 0.479 e. The van der Waals surface area contributed by atoms with Gasteiger partial charge in [-0.15, -0.1) is 4.91 Å². The summed E-state index contributed by atoms with van der Waals surface area (Å²) >= 11 is 0. The van der Waals surface area contributed by atoms with Crippen LogP contribution in [0.15, 0.2) is 29.6 Å². The molecule has 0 unspecified atom stereocenters. The van der Waals surface area contributed by atoms with Crippen LogP contribution >= 0.6 is 0 Å². The topological polar surface area (TPSA) is 107 Å². The van der Waals surface area contributed by atoms with Crippen molar-refractivity contribution in [3.8, 4) is 0 Å². The Bertz CT molecular complexity index is 481. The van der Waals surface area contributed by atoms with Crippen LogP contribution in [-0.2, 0) is 4.79 Å². The SMILES string of the molecule is CC(C)(C(=O)O)N(N=O)c1ccc(C(=O)O)cc1.